The van der Waals surface area contributed by atoms with Gasteiger partial charge in [0.2, 0.25) is 5.28 Å². The van der Waals surface area contributed by atoms with E-state index in [-0.39, 0.29) is 16.8 Å². The standard InChI is InChI=1S/C9H11BrClN3O2S/c1-9(2-3-17(15,16)5-9)14-7-6(10)4-12-8(11)13-7/h4H,2-3,5H2,1H3,(H,12,13,14). The van der Waals surface area contributed by atoms with Gasteiger partial charge in [-0.2, -0.15) is 4.98 Å². The van der Waals surface area contributed by atoms with Gasteiger partial charge in [-0.1, -0.05) is 0 Å². The normalized spacial score (nSPS) is 27.0. The fraction of sp³-hybridized carbons (Fsp3) is 0.556. The number of nitrogens with one attached hydrogen (secondary N) is 1. The highest BCUT2D eigenvalue weighted by atomic mass is 79.9. The SMILES string of the molecule is CC1(Nc2nc(Cl)ncc2Br)CCS(=O)(=O)C1. The summed E-state index contributed by atoms with van der Waals surface area (Å²) in [5.41, 5.74) is -0.501. The first-order valence-electron chi connectivity index (χ1n) is 4.96. The van der Waals surface area contributed by atoms with Crippen molar-refractivity contribution in [2.24, 2.45) is 0 Å². The number of halogens is 2. The number of hydrogen-bond donors (Lipinski definition) is 1. The molecule has 2 rings (SSSR count). The van der Waals surface area contributed by atoms with Crippen LogP contribution in [0.3, 0.4) is 0 Å². The lowest BCUT2D eigenvalue weighted by molar-refractivity contribution is 0.571. The lowest BCUT2D eigenvalue weighted by atomic mass is 10.0. The van der Waals surface area contributed by atoms with Crippen LogP contribution in [0.5, 0.6) is 0 Å². The molecule has 1 saturated heterocycles. The van der Waals surface area contributed by atoms with Crippen LogP contribution in [-0.4, -0.2) is 35.4 Å². The third-order valence-corrected chi connectivity index (χ3v) is 5.30. The molecule has 0 saturated carbocycles. The van der Waals surface area contributed by atoms with Gasteiger partial charge in [0.05, 0.1) is 21.5 Å². The monoisotopic (exact) mass is 339 g/mol. The second-order valence-electron chi connectivity index (χ2n) is 4.36. The van der Waals surface area contributed by atoms with Gasteiger partial charge < -0.3 is 5.32 Å². The Morgan fingerprint density at radius 1 is 1.59 bits per heavy atom. The molecule has 94 valence electrons. The van der Waals surface area contributed by atoms with Crippen LogP contribution >= 0.6 is 27.5 Å². The molecule has 0 spiro atoms. The Labute approximate surface area is 113 Å². The van der Waals surface area contributed by atoms with Gasteiger partial charge in [-0.25, -0.2) is 13.4 Å². The van der Waals surface area contributed by atoms with Crippen molar-refractivity contribution in [3.8, 4) is 0 Å². The summed E-state index contributed by atoms with van der Waals surface area (Å²) >= 11 is 9.00. The summed E-state index contributed by atoms with van der Waals surface area (Å²) in [6.07, 6.45) is 2.09. The van der Waals surface area contributed by atoms with Crippen LogP contribution < -0.4 is 5.32 Å². The van der Waals surface area contributed by atoms with Gasteiger partial charge in [-0.15, -0.1) is 0 Å². The zero-order valence-corrected chi connectivity index (χ0v) is 12.2. The summed E-state index contributed by atoms with van der Waals surface area (Å²) in [5, 5.41) is 3.25. The number of hydrogen-bond acceptors (Lipinski definition) is 5. The van der Waals surface area contributed by atoms with Crippen LogP contribution in [0.15, 0.2) is 10.7 Å². The highest BCUT2D eigenvalue weighted by Gasteiger charge is 2.38. The van der Waals surface area contributed by atoms with E-state index >= 15 is 0 Å². The quantitative estimate of drug-likeness (QED) is 0.832. The first-order chi connectivity index (χ1) is 7.80. The lowest BCUT2D eigenvalue weighted by Crippen LogP contribution is -2.36. The summed E-state index contributed by atoms with van der Waals surface area (Å²) in [7, 11) is -2.95. The van der Waals surface area contributed by atoms with E-state index in [2.05, 4.69) is 31.2 Å². The van der Waals surface area contributed by atoms with Crippen molar-refractivity contribution in [1.29, 1.82) is 0 Å². The number of anilines is 1. The molecule has 1 aromatic heterocycles. The molecule has 0 aromatic carbocycles. The topological polar surface area (TPSA) is 72.0 Å². The molecule has 8 heteroatoms. The largest absolute Gasteiger partial charge is 0.363 e. The molecule has 0 aliphatic carbocycles. The molecule has 0 amide bonds. The van der Waals surface area contributed by atoms with E-state index < -0.39 is 15.4 Å². The molecule has 1 fully saturated rings. The van der Waals surface area contributed by atoms with Crippen molar-refractivity contribution in [1.82, 2.24) is 9.97 Å². The second kappa shape index (κ2) is 4.37. The predicted octanol–water partition coefficient (Wildman–Crippen LogP) is 1.88. The molecule has 5 nitrogen and oxygen atoms in total. The molecule has 1 aromatic rings. The van der Waals surface area contributed by atoms with Gasteiger partial charge in [0.25, 0.3) is 0 Å². The molecule has 1 N–H and O–H groups in total. The summed E-state index contributed by atoms with van der Waals surface area (Å²) in [6, 6.07) is 0. The molecule has 17 heavy (non-hydrogen) atoms. The molecule has 1 aliphatic rings. The van der Waals surface area contributed by atoms with Gasteiger partial charge in [0, 0.05) is 6.20 Å². The maximum Gasteiger partial charge on any atom is 0.224 e. The van der Waals surface area contributed by atoms with Crippen molar-refractivity contribution in [3.63, 3.8) is 0 Å². The van der Waals surface area contributed by atoms with Gasteiger partial charge in [0.15, 0.2) is 9.84 Å². The van der Waals surface area contributed by atoms with E-state index in [9.17, 15) is 8.42 Å². The molecule has 1 unspecified atom stereocenters. The molecule has 1 aliphatic heterocycles. The van der Waals surface area contributed by atoms with Crippen molar-refractivity contribution >= 4 is 43.2 Å². The van der Waals surface area contributed by atoms with Crippen LogP contribution in [0.4, 0.5) is 5.82 Å². The Morgan fingerprint density at radius 3 is 2.88 bits per heavy atom. The third-order valence-electron chi connectivity index (χ3n) is 2.64. The Bertz CT molecular complexity index is 551. The molecule has 0 radical (unpaired) electrons. The summed E-state index contributed by atoms with van der Waals surface area (Å²) in [6.45, 7) is 1.86. The minimum absolute atomic E-state index is 0.105. The highest BCUT2D eigenvalue weighted by molar-refractivity contribution is 9.10. The Hall–Kier alpha value is -0.400. The van der Waals surface area contributed by atoms with Gasteiger partial charge in [-0.05, 0) is 40.9 Å². The minimum Gasteiger partial charge on any atom is -0.363 e. The number of nitrogens with zero attached hydrogens (tertiary/aromatic N) is 2. The maximum atomic E-state index is 11.5. The second-order valence-corrected chi connectivity index (χ2v) is 7.74. The van der Waals surface area contributed by atoms with Gasteiger partial charge >= 0.3 is 0 Å². The van der Waals surface area contributed by atoms with E-state index in [0.717, 1.165) is 0 Å². The Balaban J connectivity index is 2.24. The van der Waals surface area contributed by atoms with Crippen LogP contribution in [0.25, 0.3) is 0 Å². The van der Waals surface area contributed by atoms with E-state index in [0.29, 0.717) is 16.7 Å². The zero-order valence-electron chi connectivity index (χ0n) is 9.07. The minimum atomic E-state index is -2.95. The zero-order chi connectivity index (χ0) is 12.7. The van der Waals surface area contributed by atoms with Crippen LogP contribution in [-0.2, 0) is 9.84 Å². The van der Waals surface area contributed by atoms with E-state index in [1.165, 1.54) is 6.20 Å². The number of aromatic nitrogens is 2. The molecular weight excluding hydrogens is 330 g/mol. The van der Waals surface area contributed by atoms with E-state index in [1.54, 1.807) is 0 Å². The average molecular weight is 341 g/mol. The van der Waals surface area contributed by atoms with Gasteiger partial charge in [-0.3, -0.25) is 0 Å². The van der Waals surface area contributed by atoms with Crippen molar-refractivity contribution in [2.75, 3.05) is 16.8 Å². The Morgan fingerprint density at radius 2 is 2.29 bits per heavy atom. The van der Waals surface area contributed by atoms with Crippen molar-refractivity contribution in [2.45, 2.75) is 18.9 Å². The highest BCUT2D eigenvalue weighted by Crippen LogP contribution is 2.30. The Kier molecular flexibility index (Phi) is 3.35. The van der Waals surface area contributed by atoms with Crippen molar-refractivity contribution < 1.29 is 8.42 Å². The third kappa shape index (κ3) is 3.08. The van der Waals surface area contributed by atoms with Crippen molar-refractivity contribution in [3.05, 3.63) is 16.0 Å². The predicted molar refractivity (Wildman–Crippen MR) is 70.0 cm³/mol. The summed E-state index contributed by atoms with van der Waals surface area (Å²) in [5.74, 6) is 0.825. The van der Waals surface area contributed by atoms with Crippen LogP contribution in [0, 0.1) is 0 Å². The van der Waals surface area contributed by atoms with E-state index in [1.807, 2.05) is 6.92 Å². The summed E-state index contributed by atoms with van der Waals surface area (Å²) < 4.78 is 23.6. The van der Waals surface area contributed by atoms with E-state index in [4.69, 9.17) is 11.6 Å². The molecule has 1 atom stereocenters. The first kappa shape index (κ1) is 13.0. The van der Waals surface area contributed by atoms with Crippen LogP contribution in [0.1, 0.15) is 13.3 Å². The average Bonchev–Trinajstić information content (AvgIpc) is 2.47. The molecule has 0 bridgehead atoms. The summed E-state index contributed by atoms with van der Waals surface area (Å²) in [4.78, 5) is 7.85. The smallest absolute Gasteiger partial charge is 0.224 e. The first-order valence-corrected chi connectivity index (χ1v) is 7.96. The van der Waals surface area contributed by atoms with Gasteiger partial charge in [0.1, 0.15) is 5.82 Å². The molecule has 2 heterocycles. The number of rotatable bonds is 2. The fourth-order valence-corrected chi connectivity index (χ4v) is 4.34. The maximum absolute atomic E-state index is 11.5. The van der Waals surface area contributed by atoms with Crippen LogP contribution in [0.2, 0.25) is 5.28 Å². The lowest BCUT2D eigenvalue weighted by Gasteiger charge is -2.25. The molecular formula is C9H11BrClN3O2S. The number of sulfone groups is 1. The fourth-order valence-electron chi connectivity index (χ4n) is 1.83.